The average Bonchev–Trinajstić information content (AvgIpc) is 3.03. The van der Waals surface area contributed by atoms with Crippen LogP contribution in [0.25, 0.3) is 0 Å². The Labute approximate surface area is 254 Å². The lowest BCUT2D eigenvalue weighted by Gasteiger charge is -2.48. The molecule has 0 unspecified atom stereocenters. The molecular weight excluding hydrogens is 624 g/mol. The Hall–Kier alpha value is -0.840. The number of rotatable bonds is 10. The molecule has 0 spiro atoms. The van der Waals surface area contributed by atoms with E-state index < -0.39 is 149 Å². The third kappa shape index (κ3) is 7.59. The lowest BCUT2D eigenvalue weighted by molar-refractivity contribution is -0.383. The lowest BCUT2D eigenvalue weighted by Crippen LogP contribution is -2.67. The van der Waals surface area contributed by atoms with Crippen LogP contribution in [0, 0.1) is 0 Å². The van der Waals surface area contributed by atoms with E-state index in [1.54, 1.807) is 0 Å². The van der Waals surface area contributed by atoms with Crippen LogP contribution in [0.4, 0.5) is 0 Å². The minimum Gasteiger partial charge on any atom is -0.394 e. The first-order valence-electron chi connectivity index (χ1n) is 14.1. The standard InChI is InChI=1S/C24H42O21/c25-1-5-9(28)11(30)16(35)22(41-5)39-4-8-20(45-23-17(36)12(31)10(29)6(2-26)42-23)14(33)18(37)24(43-8)44-19-7(3-27)40-21(38)15(34)13(19)32/h5-38H,1-4H2/t5-,6-,7-,8-,9+,10+,11+,12+,13-,14-,15-,16-,17-,18-,19-,20-,21+,22+,23-,24-/m1/s1. The van der Waals surface area contributed by atoms with Gasteiger partial charge in [-0.2, -0.15) is 0 Å². The SMILES string of the molecule is OC[C@H]1O[C@H](OC[C@H]2O[C@H](O[C@H]3[C@H](O)[C@@H](O)[C@@H](O)O[C@@H]3CO)[C@H](O)[C@@H](O)[C@@H]2O[C@H]2O[C@H](CO)[C@H](O)[C@H](O)[C@H]2O)[C@H](O)[C@@H](O)[C@H]1O. The van der Waals surface area contributed by atoms with Gasteiger partial charge in [0, 0.05) is 0 Å². The summed E-state index contributed by atoms with van der Waals surface area (Å²) in [6.45, 7) is -3.21. The molecule has 0 saturated carbocycles. The first kappa shape index (κ1) is 37.0. The minimum atomic E-state index is -2.06. The summed E-state index contributed by atoms with van der Waals surface area (Å²) in [7, 11) is 0. The molecule has 21 nitrogen and oxygen atoms in total. The van der Waals surface area contributed by atoms with Gasteiger partial charge >= 0.3 is 0 Å². The first-order chi connectivity index (χ1) is 21.2. The van der Waals surface area contributed by atoms with Crippen LogP contribution in [0.1, 0.15) is 0 Å². The molecule has 0 aliphatic carbocycles. The molecular formula is C24H42O21. The summed E-state index contributed by atoms with van der Waals surface area (Å²) >= 11 is 0. The van der Waals surface area contributed by atoms with E-state index >= 15 is 0 Å². The van der Waals surface area contributed by atoms with Crippen molar-refractivity contribution >= 4 is 0 Å². The maximum Gasteiger partial charge on any atom is 0.187 e. The fraction of sp³-hybridized carbons (Fsp3) is 1.00. The van der Waals surface area contributed by atoms with Crippen molar-refractivity contribution in [3.05, 3.63) is 0 Å². The summed E-state index contributed by atoms with van der Waals surface area (Å²) in [5, 5.41) is 142. The molecule has 0 aromatic carbocycles. The molecule has 4 fully saturated rings. The van der Waals surface area contributed by atoms with Gasteiger partial charge in [-0.3, -0.25) is 0 Å². The highest BCUT2D eigenvalue weighted by molar-refractivity contribution is 4.97. The van der Waals surface area contributed by atoms with Gasteiger partial charge in [-0.15, -0.1) is 0 Å². The minimum absolute atomic E-state index is 0.761. The molecule has 0 radical (unpaired) electrons. The lowest BCUT2D eigenvalue weighted by atomic mass is 9.96. The van der Waals surface area contributed by atoms with Crippen molar-refractivity contribution in [2.45, 2.75) is 123 Å². The number of hydrogen-bond donors (Lipinski definition) is 14. The van der Waals surface area contributed by atoms with E-state index in [1.165, 1.54) is 0 Å². The second-order valence-corrected chi connectivity index (χ2v) is 11.2. The maximum absolute atomic E-state index is 11.1. The molecule has 14 N–H and O–H groups in total. The summed E-state index contributed by atoms with van der Waals surface area (Å²) < 4.78 is 38.0. The molecule has 264 valence electrons. The fourth-order valence-electron chi connectivity index (χ4n) is 5.44. The molecule has 4 aliphatic rings. The molecule has 4 heterocycles. The largest absolute Gasteiger partial charge is 0.394 e. The van der Waals surface area contributed by atoms with Crippen molar-refractivity contribution in [1.82, 2.24) is 0 Å². The van der Waals surface area contributed by atoms with E-state index in [0.29, 0.717) is 0 Å². The van der Waals surface area contributed by atoms with Crippen LogP contribution in [0.5, 0.6) is 0 Å². The Morgan fingerprint density at radius 1 is 0.378 bits per heavy atom. The van der Waals surface area contributed by atoms with E-state index in [0.717, 1.165) is 0 Å². The van der Waals surface area contributed by atoms with E-state index in [9.17, 15) is 71.5 Å². The Balaban J connectivity index is 1.56. The quantitative estimate of drug-likeness (QED) is 0.103. The Morgan fingerprint density at radius 3 is 1.29 bits per heavy atom. The van der Waals surface area contributed by atoms with Crippen LogP contribution in [0.3, 0.4) is 0 Å². The van der Waals surface area contributed by atoms with Crippen molar-refractivity contribution in [2.24, 2.45) is 0 Å². The molecule has 0 aromatic heterocycles. The summed E-state index contributed by atoms with van der Waals surface area (Å²) in [6.07, 6.45) is -35.6. The summed E-state index contributed by atoms with van der Waals surface area (Å²) in [5.41, 5.74) is 0. The number of hydrogen-bond acceptors (Lipinski definition) is 21. The predicted molar refractivity (Wildman–Crippen MR) is 134 cm³/mol. The number of aliphatic hydroxyl groups excluding tert-OH is 14. The van der Waals surface area contributed by atoms with Gasteiger partial charge in [0.15, 0.2) is 25.2 Å². The smallest absolute Gasteiger partial charge is 0.187 e. The maximum atomic E-state index is 11.1. The van der Waals surface area contributed by atoms with E-state index in [2.05, 4.69) is 0 Å². The average molecular weight is 667 g/mol. The molecule has 0 amide bonds. The van der Waals surface area contributed by atoms with Gasteiger partial charge in [-0.05, 0) is 0 Å². The second kappa shape index (κ2) is 15.6. The van der Waals surface area contributed by atoms with Crippen molar-refractivity contribution in [3.63, 3.8) is 0 Å². The molecule has 0 bridgehead atoms. The zero-order valence-electron chi connectivity index (χ0n) is 23.5. The van der Waals surface area contributed by atoms with E-state index in [-0.39, 0.29) is 0 Å². The third-order valence-corrected chi connectivity index (χ3v) is 8.18. The van der Waals surface area contributed by atoms with Crippen LogP contribution in [-0.2, 0) is 33.2 Å². The van der Waals surface area contributed by atoms with Crippen LogP contribution < -0.4 is 0 Å². The molecule has 21 heteroatoms. The second-order valence-electron chi connectivity index (χ2n) is 11.2. The zero-order chi connectivity index (χ0) is 33.3. The Bertz CT molecular complexity index is 912. The fourth-order valence-corrected chi connectivity index (χ4v) is 5.44. The molecule has 4 saturated heterocycles. The van der Waals surface area contributed by atoms with Gasteiger partial charge in [0.1, 0.15) is 97.7 Å². The molecule has 0 aromatic rings. The monoisotopic (exact) mass is 666 g/mol. The normalized spacial score (nSPS) is 52.9. The van der Waals surface area contributed by atoms with Crippen molar-refractivity contribution in [1.29, 1.82) is 0 Å². The zero-order valence-corrected chi connectivity index (χ0v) is 23.5. The van der Waals surface area contributed by atoms with Crippen LogP contribution >= 0.6 is 0 Å². The number of aliphatic hydroxyl groups is 14. The van der Waals surface area contributed by atoms with Gasteiger partial charge < -0.3 is 105 Å². The Morgan fingerprint density at radius 2 is 0.778 bits per heavy atom. The van der Waals surface area contributed by atoms with Crippen LogP contribution in [0.15, 0.2) is 0 Å². The first-order valence-corrected chi connectivity index (χ1v) is 14.1. The summed E-state index contributed by atoms with van der Waals surface area (Å²) in [6, 6.07) is 0. The summed E-state index contributed by atoms with van der Waals surface area (Å²) in [5.74, 6) is 0. The van der Waals surface area contributed by atoms with Crippen molar-refractivity contribution < 1.29 is 105 Å². The van der Waals surface area contributed by atoms with Crippen molar-refractivity contribution in [2.75, 3.05) is 26.4 Å². The van der Waals surface area contributed by atoms with Crippen LogP contribution in [-0.4, -0.2) is 221 Å². The topological polar surface area (TPSA) is 348 Å². The summed E-state index contributed by atoms with van der Waals surface area (Å²) in [4.78, 5) is 0. The Kier molecular flexibility index (Phi) is 12.8. The van der Waals surface area contributed by atoms with Crippen molar-refractivity contribution in [3.8, 4) is 0 Å². The molecule has 4 aliphatic heterocycles. The highest BCUT2D eigenvalue weighted by Gasteiger charge is 2.54. The highest BCUT2D eigenvalue weighted by Crippen LogP contribution is 2.33. The predicted octanol–water partition coefficient (Wildman–Crippen LogP) is -9.75. The molecule has 20 atom stereocenters. The van der Waals surface area contributed by atoms with E-state index in [1.807, 2.05) is 0 Å². The molecule has 45 heavy (non-hydrogen) atoms. The highest BCUT2D eigenvalue weighted by atomic mass is 16.8. The van der Waals surface area contributed by atoms with Gasteiger partial charge in [0.2, 0.25) is 0 Å². The molecule has 4 rings (SSSR count). The van der Waals surface area contributed by atoms with Gasteiger partial charge in [0.05, 0.1) is 26.4 Å². The van der Waals surface area contributed by atoms with Gasteiger partial charge in [0.25, 0.3) is 0 Å². The third-order valence-electron chi connectivity index (χ3n) is 8.18. The number of ether oxygens (including phenoxy) is 7. The van der Waals surface area contributed by atoms with Gasteiger partial charge in [-0.25, -0.2) is 0 Å². The van der Waals surface area contributed by atoms with E-state index in [4.69, 9.17) is 33.2 Å². The van der Waals surface area contributed by atoms with Gasteiger partial charge in [-0.1, -0.05) is 0 Å². The van der Waals surface area contributed by atoms with Crippen LogP contribution in [0.2, 0.25) is 0 Å².